The molecular weight excluding hydrogens is 206 g/mol. The molecule has 0 fully saturated rings. The van der Waals surface area contributed by atoms with Gasteiger partial charge in [0.05, 0.1) is 7.11 Å². The number of hydrogen-bond donors (Lipinski definition) is 0. The monoisotopic (exact) mass is 218 g/mol. The number of hydrogen-bond acceptors (Lipinski definition) is 2. The highest BCUT2D eigenvalue weighted by Crippen LogP contribution is 2.18. The first-order valence-corrected chi connectivity index (χ1v) is 4.74. The van der Waals surface area contributed by atoms with Crippen LogP contribution in [-0.2, 0) is 0 Å². The molecule has 0 aliphatic rings. The summed E-state index contributed by atoms with van der Waals surface area (Å²) in [5, 5.41) is 0. The van der Waals surface area contributed by atoms with Crippen molar-refractivity contribution in [1.29, 1.82) is 0 Å². The third kappa shape index (κ3) is 2.87. The van der Waals surface area contributed by atoms with Gasteiger partial charge in [-0.15, -0.1) is 6.42 Å². The van der Waals surface area contributed by atoms with Crippen molar-refractivity contribution in [3.63, 3.8) is 0 Å². The molecule has 2 radical (unpaired) electrons. The Labute approximate surface area is 96.2 Å². The Morgan fingerprint density at radius 3 is 2.50 bits per heavy atom. The molecule has 4 heteroatoms. The molecule has 0 saturated heterocycles. The minimum atomic E-state index is -0.786. The molecule has 1 aromatic rings. The van der Waals surface area contributed by atoms with Gasteiger partial charge < -0.3 is 4.74 Å². The van der Waals surface area contributed by atoms with Crippen LogP contribution in [0, 0.1) is 18.2 Å². The topological polar surface area (TPSA) is 26.3 Å². The second-order valence-corrected chi connectivity index (χ2v) is 2.52. The summed E-state index contributed by atoms with van der Waals surface area (Å²) in [6.45, 7) is 4.00. The van der Waals surface area contributed by atoms with Crippen molar-refractivity contribution in [2.75, 3.05) is 7.11 Å². The van der Waals surface area contributed by atoms with Crippen LogP contribution in [-0.4, -0.2) is 20.7 Å². The average Bonchev–Trinajstić information content (AvgIpc) is 2.33. The third-order valence-corrected chi connectivity index (χ3v) is 1.70. The SMILES string of the molecule is CC.[B]c1ccc(F)c(C(=O)C#C)c1OC. The fraction of sp³-hybridized carbons (Fsp3) is 0.250. The molecule has 0 aliphatic heterocycles. The molecule has 0 saturated carbocycles. The fourth-order valence-corrected chi connectivity index (χ4v) is 1.08. The second kappa shape index (κ2) is 6.68. The smallest absolute Gasteiger partial charge is 0.242 e. The van der Waals surface area contributed by atoms with Crippen LogP contribution in [0.2, 0.25) is 0 Å². The number of benzene rings is 1. The highest BCUT2D eigenvalue weighted by molar-refractivity contribution is 6.35. The number of halogens is 1. The fourth-order valence-electron chi connectivity index (χ4n) is 1.08. The van der Waals surface area contributed by atoms with Crippen LogP contribution in [0.15, 0.2) is 12.1 Å². The molecule has 2 nitrogen and oxygen atoms in total. The molecule has 0 heterocycles. The Balaban J connectivity index is 0.00000106. The summed E-state index contributed by atoms with van der Waals surface area (Å²) in [6, 6.07) is 2.38. The molecule has 82 valence electrons. The maximum Gasteiger partial charge on any atom is 0.242 e. The summed E-state index contributed by atoms with van der Waals surface area (Å²) >= 11 is 0. The lowest BCUT2D eigenvalue weighted by atomic mass is 9.91. The molecule has 16 heavy (non-hydrogen) atoms. The minimum absolute atomic E-state index is 0.0204. The van der Waals surface area contributed by atoms with Gasteiger partial charge in [0.2, 0.25) is 5.78 Å². The van der Waals surface area contributed by atoms with Crippen molar-refractivity contribution in [3.8, 4) is 18.1 Å². The van der Waals surface area contributed by atoms with E-state index in [1.807, 2.05) is 19.8 Å². The number of Topliss-reactive ketones (excluding diaryl/α,β-unsaturated/α-hetero) is 1. The zero-order valence-corrected chi connectivity index (χ0v) is 9.50. The van der Waals surface area contributed by atoms with Gasteiger partial charge in [0.15, 0.2) is 0 Å². The van der Waals surface area contributed by atoms with Crippen LogP contribution in [0.3, 0.4) is 0 Å². The van der Waals surface area contributed by atoms with Crippen LogP contribution >= 0.6 is 0 Å². The number of methoxy groups -OCH3 is 1. The Bertz CT molecular complexity index is 422. The highest BCUT2D eigenvalue weighted by Gasteiger charge is 2.17. The van der Waals surface area contributed by atoms with E-state index in [1.165, 1.54) is 13.2 Å². The van der Waals surface area contributed by atoms with E-state index in [2.05, 4.69) is 0 Å². The summed E-state index contributed by atoms with van der Waals surface area (Å²) in [5.41, 5.74) is -0.123. The number of ether oxygens (including phenoxy) is 1. The lowest BCUT2D eigenvalue weighted by molar-refractivity contribution is 0.105. The first kappa shape index (κ1) is 14.2. The van der Waals surface area contributed by atoms with E-state index in [0.717, 1.165) is 6.07 Å². The van der Waals surface area contributed by atoms with Gasteiger partial charge in [0.1, 0.15) is 25.0 Å². The van der Waals surface area contributed by atoms with Crippen molar-refractivity contribution in [2.45, 2.75) is 13.8 Å². The maximum absolute atomic E-state index is 13.2. The summed E-state index contributed by atoms with van der Waals surface area (Å²) in [7, 11) is 6.77. The van der Waals surface area contributed by atoms with Crippen molar-refractivity contribution in [1.82, 2.24) is 0 Å². The first-order valence-electron chi connectivity index (χ1n) is 4.74. The summed E-state index contributed by atoms with van der Waals surface area (Å²) in [4.78, 5) is 11.2. The Hall–Kier alpha value is -1.76. The zero-order valence-electron chi connectivity index (χ0n) is 9.50. The van der Waals surface area contributed by atoms with E-state index < -0.39 is 11.6 Å². The van der Waals surface area contributed by atoms with E-state index in [1.54, 1.807) is 0 Å². The van der Waals surface area contributed by atoms with Gasteiger partial charge in [-0.3, -0.25) is 4.79 Å². The number of rotatable bonds is 2. The van der Waals surface area contributed by atoms with Gasteiger partial charge in [0, 0.05) is 0 Å². The predicted molar refractivity (Wildman–Crippen MR) is 62.9 cm³/mol. The number of terminal acetylenes is 1. The third-order valence-electron chi connectivity index (χ3n) is 1.70. The predicted octanol–water partition coefficient (Wildman–Crippen LogP) is 1.47. The summed E-state index contributed by atoms with van der Waals surface area (Å²) in [5.74, 6) is 0.267. The van der Waals surface area contributed by atoms with E-state index in [-0.39, 0.29) is 16.8 Å². The molecule has 0 bridgehead atoms. The first-order chi connectivity index (χ1) is 7.61. The highest BCUT2D eigenvalue weighted by atomic mass is 19.1. The molecule has 0 aromatic heterocycles. The second-order valence-electron chi connectivity index (χ2n) is 2.52. The van der Waals surface area contributed by atoms with E-state index in [0.29, 0.717) is 0 Å². The van der Waals surface area contributed by atoms with Gasteiger partial charge in [-0.05, 0) is 12.0 Å². The van der Waals surface area contributed by atoms with Crippen LogP contribution < -0.4 is 10.2 Å². The van der Waals surface area contributed by atoms with Crippen molar-refractivity contribution < 1.29 is 13.9 Å². The average molecular weight is 218 g/mol. The van der Waals surface area contributed by atoms with Crippen LogP contribution in [0.25, 0.3) is 0 Å². The van der Waals surface area contributed by atoms with Gasteiger partial charge in [-0.1, -0.05) is 25.4 Å². The van der Waals surface area contributed by atoms with E-state index >= 15 is 0 Å². The molecule has 0 aliphatic carbocycles. The standard InChI is InChI=1S/C10H6BFO2.C2H6/c1-3-8(13)9-7(12)5-4-6(11)10(9)14-2;1-2/h1,4-5H,2H3;1-2H3. The van der Waals surface area contributed by atoms with Crippen LogP contribution in [0.4, 0.5) is 4.39 Å². The minimum Gasteiger partial charge on any atom is -0.496 e. The lowest BCUT2D eigenvalue weighted by Gasteiger charge is -2.09. The molecule has 0 amide bonds. The molecule has 0 atom stereocenters. The summed E-state index contributed by atoms with van der Waals surface area (Å²) < 4.78 is 18.0. The molecule has 1 rings (SSSR count). The van der Waals surface area contributed by atoms with E-state index in [9.17, 15) is 9.18 Å². The molecule has 0 N–H and O–H groups in total. The number of ketones is 1. The molecule has 1 aromatic carbocycles. The Kier molecular flexibility index (Phi) is 5.95. The van der Waals surface area contributed by atoms with Crippen molar-refractivity contribution >= 4 is 19.1 Å². The van der Waals surface area contributed by atoms with Crippen LogP contribution in [0.1, 0.15) is 24.2 Å². The quantitative estimate of drug-likeness (QED) is 0.325. The number of carbonyl (C=O) groups is 1. The molecule has 0 unspecified atom stereocenters. The lowest BCUT2D eigenvalue weighted by Crippen LogP contribution is -2.14. The zero-order chi connectivity index (χ0) is 12.7. The Morgan fingerprint density at radius 1 is 1.50 bits per heavy atom. The summed E-state index contributed by atoms with van der Waals surface area (Å²) in [6.07, 6.45) is 4.88. The van der Waals surface area contributed by atoms with Gasteiger partial charge >= 0.3 is 0 Å². The van der Waals surface area contributed by atoms with Gasteiger partial charge in [-0.25, -0.2) is 4.39 Å². The largest absolute Gasteiger partial charge is 0.496 e. The van der Waals surface area contributed by atoms with Crippen molar-refractivity contribution in [2.24, 2.45) is 0 Å². The number of carbonyl (C=O) groups excluding carboxylic acids is 1. The molecule has 0 spiro atoms. The Morgan fingerprint density at radius 2 is 2.06 bits per heavy atom. The van der Waals surface area contributed by atoms with E-state index in [4.69, 9.17) is 19.0 Å². The van der Waals surface area contributed by atoms with Crippen LogP contribution in [0.5, 0.6) is 5.75 Å². The van der Waals surface area contributed by atoms with Gasteiger partial charge in [-0.2, -0.15) is 0 Å². The van der Waals surface area contributed by atoms with Crippen molar-refractivity contribution in [3.05, 3.63) is 23.5 Å². The molecular formula is C12H12BFO2. The maximum atomic E-state index is 13.2. The van der Waals surface area contributed by atoms with Gasteiger partial charge in [0.25, 0.3) is 0 Å². The normalized spacial score (nSPS) is 8.44.